The molecule has 0 aromatic rings. The fraction of sp³-hybridized carbons (Fsp3) is 0.846. The molecule has 4 nitrogen and oxygen atoms in total. The SMILES string of the molecule is CC1CCCC1C(=O)NC(C)(C)CCC(=O)O. The largest absolute Gasteiger partial charge is 0.481 e. The van der Waals surface area contributed by atoms with Crippen LogP contribution >= 0.6 is 0 Å². The molecule has 0 heterocycles. The lowest BCUT2D eigenvalue weighted by Gasteiger charge is -2.28. The van der Waals surface area contributed by atoms with Crippen molar-refractivity contribution in [1.82, 2.24) is 5.32 Å². The highest BCUT2D eigenvalue weighted by Crippen LogP contribution is 2.31. The van der Waals surface area contributed by atoms with Crippen molar-refractivity contribution in [1.29, 1.82) is 0 Å². The number of carbonyl (C=O) groups is 2. The first-order valence-corrected chi connectivity index (χ1v) is 6.35. The van der Waals surface area contributed by atoms with Crippen molar-refractivity contribution in [2.24, 2.45) is 11.8 Å². The Morgan fingerprint density at radius 1 is 1.35 bits per heavy atom. The van der Waals surface area contributed by atoms with Crippen molar-refractivity contribution in [3.05, 3.63) is 0 Å². The molecular weight excluding hydrogens is 218 g/mol. The molecule has 1 rings (SSSR count). The summed E-state index contributed by atoms with van der Waals surface area (Å²) >= 11 is 0. The Hall–Kier alpha value is -1.06. The summed E-state index contributed by atoms with van der Waals surface area (Å²) < 4.78 is 0. The molecule has 1 aliphatic rings. The number of hydrogen-bond acceptors (Lipinski definition) is 2. The van der Waals surface area contributed by atoms with Crippen LogP contribution in [0.2, 0.25) is 0 Å². The third-order valence-electron chi connectivity index (χ3n) is 3.62. The maximum Gasteiger partial charge on any atom is 0.303 e. The number of rotatable bonds is 5. The van der Waals surface area contributed by atoms with Gasteiger partial charge in [-0.3, -0.25) is 9.59 Å². The monoisotopic (exact) mass is 241 g/mol. The Labute approximate surface area is 103 Å². The van der Waals surface area contributed by atoms with Crippen LogP contribution in [0.15, 0.2) is 0 Å². The second-order valence-corrected chi connectivity index (χ2v) is 5.78. The molecule has 1 fully saturated rings. The summed E-state index contributed by atoms with van der Waals surface area (Å²) in [6.45, 7) is 5.88. The molecule has 1 saturated carbocycles. The first-order valence-electron chi connectivity index (χ1n) is 6.35. The molecule has 1 amide bonds. The summed E-state index contributed by atoms with van der Waals surface area (Å²) in [5.74, 6) is -0.170. The molecule has 2 unspecified atom stereocenters. The lowest BCUT2D eigenvalue weighted by Crippen LogP contribution is -2.46. The van der Waals surface area contributed by atoms with Crippen LogP contribution in [-0.4, -0.2) is 22.5 Å². The smallest absolute Gasteiger partial charge is 0.303 e. The molecule has 0 aromatic carbocycles. The lowest BCUT2D eigenvalue weighted by molar-refractivity contribution is -0.138. The van der Waals surface area contributed by atoms with E-state index < -0.39 is 11.5 Å². The van der Waals surface area contributed by atoms with Crippen molar-refractivity contribution in [2.45, 2.75) is 58.4 Å². The zero-order valence-corrected chi connectivity index (χ0v) is 11.0. The molecule has 0 spiro atoms. The van der Waals surface area contributed by atoms with Crippen LogP contribution in [0.5, 0.6) is 0 Å². The molecular formula is C13H23NO3. The van der Waals surface area contributed by atoms with Crippen LogP contribution in [0.3, 0.4) is 0 Å². The molecule has 0 aromatic heterocycles. The minimum Gasteiger partial charge on any atom is -0.481 e. The van der Waals surface area contributed by atoms with Gasteiger partial charge in [0.15, 0.2) is 0 Å². The summed E-state index contributed by atoms with van der Waals surface area (Å²) in [4.78, 5) is 22.6. The van der Waals surface area contributed by atoms with Crippen molar-refractivity contribution < 1.29 is 14.7 Å². The van der Waals surface area contributed by atoms with Gasteiger partial charge < -0.3 is 10.4 Å². The van der Waals surface area contributed by atoms with E-state index in [0.717, 1.165) is 19.3 Å². The van der Waals surface area contributed by atoms with Gasteiger partial charge >= 0.3 is 5.97 Å². The topological polar surface area (TPSA) is 66.4 Å². The van der Waals surface area contributed by atoms with E-state index >= 15 is 0 Å². The van der Waals surface area contributed by atoms with Crippen LogP contribution in [0.25, 0.3) is 0 Å². The normalized spacial score (nSPS) is 24.6. The van der Waals surface area contributed by atoms with E-state index in [4.69, 9.17) is 5.11 Å². The number of carboxylic acid groups (broad SMARTS) is 1. The molecule has 0 radical (unpaired) electrons. The van der Waals surface area contributed by atoms with Crippen molar-refractivity contribution in [2.75, 3.05) is 0 Å². The third-order valence-corrected chi connectivity index (χ3v) is 3.62. The minimum atomic E-state index is -0.818. The van der Waals surface area contributed by atoms with Gasteiger partial charge in [0.25, 0.3) is 0 Å². The number of hydrogen-bond donors (Lipinski definition) is 2. The molecule has 98 valence electrons. The Balaban J connectivity index is 2.46. The summed E-state index contributed by atoms with van der Waals surface area (Å²) in [5, 5.41) is 11.6. The van der Waals surface area contributed by atoms with Gasteiger partial charge in [0.1, 0.15) is 0 Å². The average molecular weight is 241 g/mol. The first kappa shape index (κ1) is 14.0. The highest BCUT2D eigenvalue weighted by Gasteiger charge is 2.32. The van der Waals surface area contributed by atoms with Crippen molar-refractivity contribution in [3.63, 3.8) is 0 Å². The maximum absolute atomic E-state index is 12.1. The van der Waals surface area contributed by atoms with Crippen molar-refractivity contribution in [3.8, 4) is 0 Å². The van der Waals surface area contributed by atoms with Gasteiger partial charge in [-0.05, 0) is 39.0 Å². The van der Waals surface area contributed by atoms with Gasteiger partial charge in [-0.25, -0.2) is 0 Å². The number of carbonyl (C=O) groups excluding carboxylic acids is 1. The number of aliphatic carboxylic acids is 1. The summed E-state index contributed by atoms with van der Waals surface area (Å²) in [7, 11) is 0. The second kappa shape index (κ2) is 5.52. The van der Waals surface area contributed by atoms with Gasteiger partial charge in [-0.15, -0.1) is 0 Å². The molecule has 0 saturated heterocycles. The fourth-order valence-corrected chi connectivity index (χ4v) is 2.44. The summed E-state index contributed by atoms with van der Waals surface area (Å²) in [6, 6.07) is 0. The summed E-state index contributed by atoms with van der Waals surface area (Å²) in [5.41, 5.74) is -0.433. The Morgan fingerprint density at radius 2 is 2.00 bits per heavy atom. The molecule has 1 aliphatic carbocycles. The van der Waals surface area contributed by atoms with E-state index in [1.54, 1.807) is 0 Å². The van der Waals surface area contributed by atoms with Gasteiger partial charge in [0.2, 0.25) is 5.91 Å². The van der Waals surface area contributed by atoms with Crippen molar-refractivity contribution >= 4 is 11.9 Å². The number of amides is 1. The Bertz CT molecular complexity index is 299. The van der Waals surface area contributed by atoms with Gasteiger partial charge in [0.05, 0.1) is 0 Å². The minimum absolute atomic E-state index is 0.0883. The number of carboxylic acids is 1. The van der Waals surface area contributed by atoms with Crippen LogP contribution < -0.4 is 5.32 Å². The van der Waals surface area contributed by atoms with E-state index in [0.29, 0.717) is 12.3 Å². The maximum atomic E-state index is 12.1. The standard InChI is InChI=1S/C13H23NO3/c1-9-5-4-6-10(9)12(17)14-13(2,3)8-7-11(15)16/h9-10H,4-8H2,1-3H3,(H,14,17)(H,15,16). The van der Waals surface area contributed by atoms with E-state index in [9.17, 15) is 9.59 Å². The predicted octanol–water partition coefficient (Wildman–Crippen LogP) is 2.18. The third kappa shape index (κ3) is 4.36. The van der Waals surface area contributed by atoms with E-state index in [1.165, 1.54) is 0 Å². The Kier molecular flexibility index (Phi) is 4.54. The van der Waals surface area contributed by atoms with Gasteiger partial charge in [0, 0.05) is 17.9 Å². The quantitative estimate of drug-likeness (QED) is 0.775. The van der Waals surface area contributed by atoms with Gasteiger partial charge in [-0.1, -0.05) is 13.3 Å². The number of nitrogens with one attached hydrogen (secondary N) is 1. The molecule has 2 N–H and O–H groups in total. The molecule has 4 heteroatoms. The van der Waals surface area contributed by atoms with Crippen LogP contribution in [0.4, 0.5) is 0 Å². The van der Waals surface area contributed by atoms with Gasteiger partial charge in [-0.2, -0.15) is 0 Å². The Morgan fingerprint density at radius 3 is 2.47 bits per heavy atom. The molecule has 2 atom stereocenters. The van der Waals surface area contributed by atoms with E-state index in [1.807, 2.05) is 13.8 Å². The van der Waals surface area contributed by atoms with E-state index in [2.05, 4.69) is 12.2 Å². The fourth-order valence-electron chi connectivity index (χ4n) is 2.44. The zero-order chi connectivity index (χ0) is 13.1. The highest BCUT2D eigenvalue weighted by atomic mass is 16.4. The average Bonchev–Trinajstić information content (AvgIpc) is 2.61. The van der Waals surface area contributed by atoms with Crippen LogP contribution in [0, 0.1) is 11.8 Å². The second-order valence-electron chi connectivity index (χ2n) is 5.78. The summed E-state index contributed by atoms with van der Waals surface area (Å²) in [6.07, 6.45) is 3.76. The van der Waals surface area contributed by atoms with Crippen LogP contribution in [0.1, 0.15) is 52.9 Å². The first-order chi connectivity index (χ1) is 7.82. The predicted molar refractivity (Wildman–Crippen MR) is 65.6 cm³/mol. The molecule has 17 heavy (non-hydrogen) atoms. The molecule has 0 bridgehead atoms. The highest BCUT2D eigenvalue weighted by molar-refractivity contribution is 5.80. The zero-order valence-electron chi connectivity index (χ0n) is 11.0. The lowest BCUT2D eigenvalue weighted by atomic mass is 9.93. The molecule has 0 aliphatic heterocycles. The van der Waals surface area contributed by atoms with Crippen LogP contribution in [-0.2, 0) is 9.59 Å². The van der Waals surface area contributed by atoms with E-state index in [-0.39, 0.29) is 18.2 Å².